The van der Waals surface area contributed by atoms with E-state index in [4.69, 9.17) is 9.47 Å². The summed E-state index contributed by atoms with van der Waals surface area (Å²) < 4.78 is 52.3. The van der Waals surface area contributed by atoms with Gasteiger partial charge in [0.25, 0.3) is 0 Å². The van der Waals surface area contributed by atoms with Gasteiger partial charge in [-0.2, -0.15) is 0 Å². The molecule has 3 aromatic rings. The number of carbonyl (C=O) groups is 1. The van der Waals surface area contributed by atoms with E-state index in [1.54, 1.807) is 19.1 Å². The lowest BCUT2D eigenvalue weighted by molar-refractivity contribution is -0.145. The molecular formula is C24H21F3O3. The van der Waals surface area contributed by atoms with Crippen LogP contribution in [0.4, 0.5) is 13.2 Å². The Morgan fingerprint density at radius 1 is 0.900 bits per heavy atom. The number of esters is 1. The third kappa shape index (κ3) is 5.41. The highest BCUT2D eigenvalue weighted by Crippen LogP contribution is 2.26. The first kappa shape index (κ1) is 21.4. The summed E-state index contributed by atoms with van der Waals surface area (Å²) in [5.41, 5.74) is 2.28. The van der Waals surface area contributed by atoms with Gasteiger partial charge in [-0.15, -0.1) is 0 Å². The zero-order chi connectivity index (χ0) is 21.5. The molecular weight excluding hydrogens is 393 g/mol. The smallest absolute Gasteiger partial charge is 0.344 e. The molecule has 0 radical (unpaired) electrons. The third-order valence-corrected chi connectivity index (χ3v) is 4.55. The SMILES string of the molecule is CCOC(=O)COc1ccc(F)c(CCc2cccc(-c3cccc(F)c3)c2)c1F. The number of carbonyl (C=O) groups excluding carboxylic acids is 1. The summed E-state index contributed by atoms with van der Waals surface area (Å²) in [6, 6.07) is 15.9. The minimum absolute atomic E-state index is 0.0981. The largest absolute Gasteiger partial charge is 0.479 e. The predicted molar refractivity (Wildman–Crippen MR) is 108 cm³/mol. The minimum atomic E-state index is -0.833. The van der Waals surface area contributed by atoms with E-state index >= 15 is 0 Å². The van der Waals surface area contributed by atoms with Gasteiger partial charge in [0.15, 0.2) is 18.2 Å². The van der Waals surface area contributed by atoms with Gasteiger partial charge in [0.05, 0.1) is 6.61 Å². The first-order chi connectivity index (χ1) is 14.5. The Kier molecular flexibility index (Phi) is 7.12. The van der Waals surface area contributed by atoms with E-state index in [0.717, 1.165) is 28.8 Å². The van der Waals surface area contributed by atoms with Crippen LogP contribution in [0.2, 0.25) is 0 Å². The highest BCUT2D eigenvalue weighted by Gasteiger charge is 2.16. The van der Waals surface area contributed by atoms with E-state index in [1.807, 2.05) is 24.3 Å². The van der Waals surface area contributed by atoms with Crippen molar-refractivity contribution in [3.05, 3.63) is 89.2 Å². The molecule has 0 fully saturated rings. The van der Waals surface area contributed by atoms with Crippen LogP contribution in [0.5, 0.6) is 5.75 Å². The van der Waals surface area contributed by atoms with Crippen LogP contribution in [0.3, 0.4) is 0 Å². The Morgan fingerprint density at radius 2 is 1.63 bits per heavy atom. The van der Waals surface area contributed by atoms with E-state index in [1.165, 1.54) is 12.1 Å². The van der Waals surface area contributed by atoms with E-state index < -0.39 is 24.2 Å². The van der Waals surface area contributed by atoms with Crippen molar-refractivity contribution < 1.29 is 27.4 Å². The van der Waals surface area contributed by atoms with E-state index in [2.05, 4.69) is 0 Å². The fourth-order valence-corrected chi connectivity index (χ4v) is 3.10. The monoisotopic (exact) mass is 414 g/mol. The second-order valence-corrected chi connectivity index (χ2v) is 6.64. The van der Waals surface area contributed by atoms with Crippen molar-refractivity contribution in [3.8, 4) is 16.9 Å². The lowest BCUT2D eigenvalue weighted by Crippen LogP contribution is -2.15. The molecule has 0 aliphatic heterocycles. The Morgan fingerprint density at radius 3 is 2.37 bits per heavy atom. The Labute approximate surface area is 173 Å². The Balaban J connectivity index is 1.73. The van der Waals surface area contributed by atoms with Gasteiger partial charge in [-0.1, -0.05) is 36.4 Å². The van der Waals surface area contributed by atoms with Crippen molar-refractivity contribution in [1.82, 2.24) is 0 Å². The van der Waals surface area contributed by atoms with Crippen LogP contribution >= 0.6 is 0 Å². The quantitative estimate of drug-likeness (QED) is 0.457. The topological polar surface area (TPSA) is 35.5 Å². The summed E-state index contributed by atoms with van der Waals surface area (Å²) in [7, 11) is 0. The van der Waals surface area contributed by atoms with Crippen molar-refractivity contribution in [1.29, 1.82) is 0 Å². The zero-order valence-corrected chi connectivity index (χ0v) is 16.5. The van der Waals surface area contributed by atoms with Crippen molar-refractivity contribution in [3.63, 3.8) is 0 Å². The maximum Gasteiger partial charge on any atom is 0.344 e. The summed E-state index contributed by atoms with van der Waals surface area (Å²) >= 11 is 0. The van der Waals surface area contributed by atoms with Crippen LogP contribution in [0, 0.1) is 17.5 Å². The molecule has 0 heterocycles. The summed E-state index contributed by atoms with van der Waals surface area (Å²) in [5.74, 6) is -2.68. The van der Waals surface area contributed by atoms with E-state index in [-0.39, 0.29) is 30.2 Å². The molecule has 0 spiro atoms. The molecule has 0 N–H and O–H groups in total. The van der Waals surface area contributed by atoms with Crippen LogP contribution in [0.15, 0.2) is 60.7 Å². The summed E-state index contributed by atoms with van der Waals surface area (Å²) in [6.07, 6.45) is 0.471. The summed E-state index contributed by atoms with van der Waals surface area (Å²) in [4.78, 5) is 11.4. The standard InChI is InChI=1S/C24H21F3O3/c1-2-29-23(28)15-30-22-12-11-21(26)20(24(22)27)10-9-16-5-3-6-17(13-16)18-7-4-8-19(25)14-18/h3-8,11-14H,2,9-10,15H2,1H3. The maximum atomic E-state index is 14.7. The molecule has 0 aliphatic carbocycles. The number of rotatable bonds is 8. The van der Waals surface area contributed by atoms with Crippen LogP contribution < -0.4 is 4.74 Å². The molecule has 3 nitrogen and oxygen atoms in total. The molecule has 0 saturated carbocycles. The van der Waals surface area contributed by atoms with Crippen molar-refractivity contribution in [2.45, 2.75) is 19.8 Å². The van der Waals surface area contributed by atoms with Crippen molar-refractivity contribution in [2.24, 2.45) is 0 Å². The van der Waals surface area contributed by atoms with Gasteiger partial charge >= 0.3 is 5.97 Å². The summed E-state index contributed by atoms with van der Waals surface area (Å²) in [6.45, 7) is 1.39. The molecule has 0 aromatic heterocycles. The van der Waals surface area contributed by atoms with Gasteiger partial charge in [0, 0.05) is 5.56 Å². The van der Waals surface area contributed by atoms with E-state index in [0.29, 0.717) is 6.42 Å². The number of aryl methyl sites for hydroxylation is 1. The number of hydrogen-bond acceptors (Lipinski definition) is 3. The number of halogens is 3. The normalized spacial score (nSPS) is 10.7. The first-order valence-corrected chi connectivity index (χ1v) is 9.58. The fourth-order valence-electron chi connectivity index (χ4n) is 3.10. The molecule has 0 saturated heterocycles. The molecule has 0 amide bonds. The number of benzene rings is 3. The highest BCUT2D eigenvalue weighted by atomic mass is 19.1. The predicted octanol–water partition coefficient (Wildman–Crippen LogP) is 5.50. The fraction of sp³-hybridized carbons (Fsp3) is 0.208. The average molecular weight is 414 g/mol. The molecule has 0 atom stereocenters. The first-order valence-electron chi connectivity index (χ1n) is 9.58. The van der Waals surface area contributed by atoms with Gasteiger partial charge in [-0.3, -0.25) is 0 Å². The molecule has 30 heavy (non-hydrogen) atoms. The molecule has 6 heteroatoms. The van der Waals surface area contributed by atoms with Crippen molar-refractivity contribution in [2.75, 3.05) is 13.2 Å². The second kappa shape index (κ2) is 9.96. The maximum absolute atomic E-state index is 14.7. The van der Waals surface area contributed by atoms with Gasteiger partial charge < -0.3 is 9.47 Å². The third-order valence-electron chi connectivity index (χ3n) is 4.55. The van der Waals surface area contributed by atoms with Crippen LogP contribution in [-0.4, -0.2) is 19.2 Å². The van der Waals surface area contributed by atoms with Crippen LogP contribution in [-0.2, 0) is 22.4 Å². The molecule has 0 bridgehead atoms. The average Bonchev–Trinajstić information content (AvgIpc) is 2.73. The van der Waals surface area contributed by atoms with Crippen LogP contribution in [0.25, 0.3) is 11.1 Å². The van der Waals surface area contributed by atoms with Gasteiger partial charge in [-0.05, 0) is 60.7 Å². The Hall–Kier alpha value is -3.28. The van der Waals surface area contributed by atoms with Gasteiger partial charge in [-0.25, -0.2) is 18.0 Å². The number of ether oxygens (including phenoxy) is 2. The minimum Gasteiger partial charge on any atom is -0.479 e. The lowest BCUT2D eigenvalue weighted by atomic mass is 9.98. The van der Waals surface area contributed by atoms with E-state index in [9.17, 15) is 18.0 Å². The van der Waals surface area contributed by atoms with Gasteiger partial charge in [0.1, 0.15) is 11.6 Å². The zero-order valence-electron chi connectivity index (χ0n) is 16.5. The number of hydrogen-bond donors (Lipinski definition) is 0. The lowest BCUT2D eigenvalue weighted by Gasteiger charge is -2.11. The van der Waals surface area contributed by atoms with Crippen molar-refractivity contribution >= 4 is 5.97 Å². The molecule has 0 unspecified atom stereocenters. The van der Waals surface area contributed by atoms with Gasteiger partial charge in [0.2, 0.25) is 0 Å². The molecule has 156 valence electrons. The summed E-state index contributed by atoms with van der Waals surface area (Å²) in [5, 5.41) is 0. The second-order valence-electron chi connectivity index (χ2n) is 6.64. The molecule has 3 rings (SSSR count). The van der Waals surface area contributed by atoms with Crippen LogP contribution in [0.1, 0.15) is 18.1 Å². The molecule has 3 aromatic carbocycles. The highest BCUT2D eigenvalue weighted by molar-refractivity contribution is 5.71. The molecule has 0 aliphatic rings. The Bertz CT molecular complexity index is 1030.